The van der Waals surface area contributed by atoms with E-state index in [9.17, 15) is 4.39 Å². The second-order valence-corrected chi connectivity index (χ2v) is 6.10. The Morgan fingerprint density at radius 1 is 1.63 bits per heavy atom. The lowest BCUT2D eigenvalue weighted by atomic mass is 9.99. The molecule has 0 radical (unpaired) electrons. The molecule has 19 heavy (non-hydrogen) atoms. The number of thioether (sulfide) groups is 1. The minimum Gasteiger partial charge on any atom is -0.309 e. The highest BCUT2D eigenvalue weighted by Crippen LogP contribution is 2.28. The number of rotatable bonds is 5. The van der Waals surface area contributed by atoms with Gasteiger partial charge in [0.15, 0.2) is 0 Å². The first-order valence-corrected chi connectivity index (χ1v) is 8.00. The average molecular weight is 283 g/mol. The lowest BCUT2D eigenvalue weighted by Gasteiger charge is -2.38. The number of nitrogens with zero attached hydrogens (tertiary/aromatic N) is 2. The van der Waals surface area contributed by atoms with Crippen molar-refractivity contribution in [1.82, 2.24) is 15.2 Å². The van der Waals surface area contributed by atoms with Crippen molar-refractivity contribution in [1.29, 1.82) is 0 Å². The van der Waals surface area contributed by atoms with E-state index in [4.69, 9.17) is 0 Å². The van der Waals surface area contributed by atoms with Gasteiger partial charge in [-0.25, -0.2) is 4.39 Å². The van der Waals surface area contributed by atoms with Crippen LogP contribution in [0.1, 0.15) is 24.9 Å². The maximum absolute atomic E-state index is 14.0. The first kappa shape index (κ1) is 14.8. The van der Waals surface area contributed by atoms with Crippen molar-refractivity contribution in [3.8, 4) is 0 Å². The number of aromatic nitrogens is 1. The Balaban J connectivity index is 2.22. The van der Waals surface area contributed by atoms with E-state index in [0.717, 1.165) is 36.6 Å². The highest BCUT2D eigenvalue weighted by Gasteiger charge is 2.30. The van der Waals surface area contributed by atoms with Crippen LogP contribution in [0.2, 0.25) is 0 Å². The normalized spacial score (nSPS) is 22.4. The van der Waals surface area contributed by atoms with Gasteiger partial charge >= 0.3 is 0 Å². The quantitative estimate of drug-likeness (QED) is 0.897. The minimum absolute atomic E-state index is 0.0424. The summed E-state index contributed by atoms with van der Waals surface area (Å²) in [4.78, 5) is 6.19. The van der Waals surface area contributed by atoms with Gasteiger partial charge in [0, 0.05) is 35.9 Å². The molecule has 1 aliphatic heterocycles. The molecule has 1 N–H and O–H groups in total. The summed E-state index contributed by atoms with van der Waals surface area (Å²) in [5.41, 5.74) is 0.739. The molecule has 1 fully saturated rings. The van der Waals surface area contributed by atoms with Crippen molar-refractivity contribution in [2.75, 3.05) is 31.6 Å². The number of nitrogens with one attached hydrogen (secondary N) is 1. The third kappa shape index (κ3) is 3.68. The van der Waals surface area contributed by atoms with Crippen LogP contribution in [0.5, 0.6) is 0 Å². The Morgan fingerprint density at radius 2 is 2.47 bits per heavy atom. The summed E-state index contributed by atoms with van der Waals surface area (Å²) in [5.74, 6) is 1.99. The van der Waals surface area contributed by atoms with Gasteiger partial charge in [-0.05, 0) is 26.1 Å². The molecule has 0 bridgehead atoms. The molecule has 2 unspecified atom stereocenters. The van der Waals surface area contributed by atoms with Crippen LogP contribution in [-0.2, 0) is 0 Å². The van der Waals surface area contributed by atoms with E-state index < -0.39 is 0 Å². The standard InChI is InChI=1S/C14H22FN3S/c1-3-5-17-14(11-4-6-16-9-12(11)15)13-10-19-8-7-18(13)2/h4,6,9,13-14,17H,3,5,7-8,10H2,1-2H3. The molecule has 5 heteroatoms. The van der Waals surface area contributed by atoms with Gasteiger partial charge in [0.25, 0.3) is 0 Å². The Morgan fingerprint density at radius 3 is 3.16 bits per heavy atom. The van der Waals surface area contributed by atoms with Crippen LogP contribution in [0.4, 0.5) is 4.39 Å². The van der Waals surface area contributed by atoms with Gasteiger partial charge in [0.1, 0.15) is 5.82 Å². The van der Waals surface area contributed by atoms with E-state index in [1.54, 1.807) is 12.3 Å². The van der Waals surface area contributed by atoms with Crippen molar-refractivity contribution in [2.45, 2.75) is 25.4 Å². The van der Waals surface area contributed by atoms with Gasteiger partial charge in [-0.3, -0.25) is 9.88 Å². The molecule has 2 atom stereocenters. The van der Waals surface area contributed by atoms with Crippen molar-refractivity contribution in [3.63, 3.8) is 0 Å². The molecule has 0 saturated carbocycles. The largest absolute Gasteiger partial charge is 0.309 e. The number of pyridine rings is 1. The summed E-state index contributed by atoms with van der Waals surface area (Å²) in [6, 6.07) is 2.18. The van der Waals surface area contributed by atoms with Crippen molar-refractivity contribution in [2.24, 2.45) is 0 Å². The first-order chi connectivity index (χ1) is 9.24. The average Bonchev–Trinajstić information content (AvgIpc) is 2.42. The Hall–Kier alpha value is -0.650. The number of halogens is 1. The van der Waals surface area contributed by atoms with Crippen molar-refractivity contribution in [3.05, 3.63) is 29.8 Å². The molecule has 1 aromatic heterocycles. The summed E-state index contributed by atoms with van der Waals surface area (Å²) >= 11 is 1.95. The molecule has 1 aromatic rings. The second kappa shape index (κ2) is 7.22. The smallest absolute Gasteiger partial charge is 0.146 e. The van der Waals surface area contributed by atoms with Crippen LogP contribution >= 0.6 is 11.8 Å². The molecule has 1 aliphatic rings. The van der Waals surface area contributed by atoms with Crippen LogP contribution in [0.3, 0.4) is 0 Å². The Labute approximate surface area is 119 Å². The molecule has 106 valence electrons. The molecule has 3 nitrogen and oxygen atoms in total. The Bertz CT molecular complexity index is 402. The van der Waals surface area contributed by atoms with Gasteiger partial charge in [-0.2, -0.15) is 11.8 Å². The van der Waals surface area contributed by atoms with Gasteiger partial charge in [0.05, 0.1) is 12.2 Å². The zero-order chi connectivity index (χ0) is 13.7. The number of hydrogen-bond acceptors (Lipinski definition) is 4. The van der Waals surface area contributed by atoms with E-state index in [1.165, 1.54) is 6.20 Å². The highest BCUT2D eigenvalue weighted by atomic mass is 32.2. The first-order valence-electron chi connectivity index (χ1n) is 6.84. The molecule has 2 rings (SSSR count). The highest BCUT2D eigenvalue weighted by molar-refractivity contribution is 7.99. The third-order valence-electron chi connectivity index (χ3n) is 3.58. The van der Waals surface area contributed by atoms with E-state index in [0.29, 0.717) is 6.04 Å². The van der Waals surface area contributed by atoms with Crippen LogP contribution in [0.25, 0.3) is 0 Å². The summed E-state index contributed by atoms with van der Waals surface area (Å²) in [5, 5.41) is 3.50. The van der Waals surface area contributed by atoms with Crippen LogP contribution in [0, 0.1) is 5.82 Å². The maximum atomic E-state index is 14.0. The summed E-state index contributed by atoms with van der Waals surface area (Å²) in [6.07, 6.45) is 4.04. The van der Waals surface area contributed by atoms with E-state index in [1.807, 2.05) is 11.8 Å². The van der Waals surface area contributed by atoms with Crippen molar-refractivity contribution >= 4 is 11.8 Å². The topological polar surface area (TPSA) is 28.2 Å². The maximum Gasteiger partial charge on any atom is 0.146 e. The molecular weight excluding hydrogens is 261 g/mol. The second-order valence-electron chi connectivity index (χ2n) is 4.95. The van der Waals surface area contributed by atoms with Gasteiger partial charge in [-0.1, -0.05) is 6.92 Å². The fourth-order valence-corrected chi connectivity index (χ4v) is 3.72. The minimum atomic E-state index is -0.208. The molecule has 0 amide bonds. The predicted octanol–water partition coefficient (Wildman–Crippen LogP) is 2.31. The molecule has 2 heterocycles. The molecule has 0 aromatic carbocycles. The van der Waals surface area contributed by atoms with Gasteiger partial charge < -0.3 is 5.32 Å². The van der Waals surface area contributed by atoms with Crippen LogP contribution in [0.15, 0.2) is 18.5 Å². The summed E-state index contributed by atoms with van der Waals surface area (Å²) in [6.45, 7) is 4.10. The zero-order valence-electron chi connectivity index (χ0n) is 11.6. The van der Waals surface area contributed by atoms with Crippen LogP contribution in [-0.4, -0.2) is 47.6 Å². The van der Waals surface area contributed by atoms with E-state index >= 15 is 0 Å². The number of likely N-dealkylation sites (N-methyl/N-ethyl adjacent to an activating group) is 1. The molecule has 1 saturated heterocycles. The van der Waals surface area contributed by atoms with E-state index in [2.05, 4.69) is 29.2 Å². The van der Waals surface area contributed by atoms with E-state index in [-0.39, 0.29) is 11.9 Å². The summed E-state index contributed by atoms with van der Waals surface area (Å²) < 4.78 is 14.0. The monoisotopic (exact) mass is 283 g/mol. The lowest BCUT2D eigenvalue weighted by molar-refractivity contribution is 0.213. The predicted molar refractivity (Wildman–Crippen MR) is 79.0 cm³/mol. The lowest BCUT2D eigenvalue weighted by Crippen LogP contribution is -2.48. The number of hydrogen-bond donors (Lipinski definition) is 1. The van der Waals surface area contributed by atoms with Gasteiger partial charge in [-0.15, -0.1) is 0 Å². The molecule has 0 spiro atoms. The summed E-state index contributed by atoms with van der Waals surface area (Å²) in [7, 11) is 2.13. The van der Waals surface area contributed by atoms with Crippen LogP contribution < -0.4 is 5.32 Å². The molecule has 0 aliphatic carbocycles. The fraction of sp³-hybridized carbons (Fsp3) is 0.643. The zero-order valence-corrected chi connectivity index (χ0v) is 12.4. The molecular formula is C14H22FN3S. The Kier molecular flexibility index (Phi) is 5.60. The van der Waals surface area contributed by atoms with Crippen molar-refractivity contribution < 1.29 is 4.39 Å². The van der Waals surface area contributed by atoms with Gasteiger partial charge in [0.2, 0.25) is 0 Å². The third-order valence-corrected chi connectivity index (χ3v) is 4.63. The fourth-order valence-electron chi connectivity index (χ4n) is 2.45. The SMILES string of the molecule is CCCNC(c1ccncc1F)C1CSCCN1C.